The van der Waals surface area contributed by atoms with Crippen LogP contribution in [0.4, 0.5) is 10.5 Å². The predicted octanol–water partition coefficient (Wildman–Crippen LogP) is 4.21. The second kappa shape index (κ2) is 9.65. The molecular weight excluding hydrogens is 460 g/mol. The Balaban J connectivity index is 1.32. The molecule has 184 valence electrons. The molecule has 0 atom stereocenters. The molecule has 0 bridgehead atoms. The average molecular weight is 487 g/mol. The Kier molecular flexibility index (Phi) is 6.24. The van der Waals surface area contributed by atoms with Gasteiger partial charge in [-0.1, -0.05) is 17.7 Å². The van der Waals surface area contributed by atoms with Gasteiger partial charge in [0.15, 0.2) is 5.69 Å². The summed E-state index contributed by atoms with van der Waals surface area (Å²) in [7, 11) is 1.88. The third kappa shape index (κ3) is 4.57. The van der Waals surface area contributed by atoms with Gasteiger partial charge in [0.2, 0.25) is 5.89 Å². The Bertz CT molecular complexity index is 1410. The Morgan fingerprint density at radius 1 is 1.06 bits per heavy atom. The number of anilines is 1. The maximum atomic E-state index is 13.0. The lowest BCUT2D eigenvalue weighted by molar-refractivity contribution is 0.0526. The third-order valence-corrected chi connectivity index (χ3v) is 6.10. The molecule has 0 saturated carbocycles. The third-order valence-electron chi connectivity index (χ3n) is 6.10. The second-order valence-electron chi connectivity index (χ2n) is 8.58. The van der Waals surface area contributed by atoms with E-state index in [0.717, 1.165) is 22.4 Å². The first-order valence-electron chi connectivity index (χ1n) is 11.7. The van der Waals surface area contributed by atoms with Crippen LogP contribution in [0.25, 0.3) is 23.0 Å². The van der Waals surface area contributed by atoms with Gasteiger partial charge in [0.25, 0.3) is 5.89 Å². The van der Waals surface area contributed by atoms with Gasteiger partial charge in [-0.15, -0.1) is 10.2 Å². The number of hydrogen-bond acceptors (Lipinski definition) is 7. The summed E-state index contributed by atoms with van der Waals surface area (Å²) in [5.74, 6) is 0.343. The number of benzene rings is 2. The normalized spacial score (nSPS) is 12.8. The SMILES string of the molecule is CCOC(=O)c1ccc(NC(=O)N2CCc3c(c(-c4nnc(-c5ccc(C)cc5)o4)nn3C)C2)cc1. The van der Waals surface area contributed by atoms with Gasteiger partial charge in [-0.05, 0) is 50.2 Å². The van der Waals surface area contributed by atoms with Gasteiger partial charge in [0, 0.05) is 42.5 Å². The number of ether oxygens (including phenoxy) is 1. The van der Waals surface area contributed by atoms with Gasteiger partial charge in [-0.2, -0.15) is 5.10 Å². The highest BCUT2D eigenvalue weighted by Gasteiger charge is 2.29. The maximum Gasteiger partial charge on any atom is 0.338 e. The number of hydrogen-bond donors (Lipinski definition) is 1. The summed E-state index contributed by atoms with van der Waals surface area (Å²) in [5, 5.41) is 15.9. The molecule has 1 aliphatic rings. The lowest BCUT2D eigenvalue weighted by atomic mass is 10.1. The van der Waals surface area contributed by atoms with Crippen molar-refractivity contribution in [3.05, 3.63) is 70.9 Å². The largest absolute Gasteiger partial charge is 0.462 e. The Morgan fingerprint density at radius 3 is 2.50 bits per heavy atom. The lowest BCUT2D eigenvalue weighted by Gasteiger charge is -2.27. The molecule has 0 aliphatic carbocycles. The Hall–Kier alpha value is -4.47. The number of esters is 1. The molecule has 0 spiro atoms. The van der Waals surface area contributed by atoms with Crippen LogP contribution in [0.3, 0.4) is 0 Å². The minimum atomic E-state index is -0.394. The number of carbonyl (C=O) groups excluding carboxylic acids is 2. The fraction of sp³-hybridized carbons (Fsp3) is 0.269. The molecule has 4 aromatic rings. The average Bonchev–Trinajstić information content (AvgIpc) is 3.50. The zero-order chi connectivity index (χ0) is 25.2. The number of nitrogens with one attached hydrogen (secondary N) is 1. The molecule has 2 amide bonds. The predicted molar refractivity (Wildman–Crippen MR) is 132 cm³/mol. The van der Waals surface area contributed by atoms with Crippen LogP contribution in [0.1, 0.15) is 34.1 Å². The fourth-order valence-electron chi connectivity index (χ4n) is 4.18. The molecule has 0 fully saturated rings. The standard InChI is InChI=1S/C26H26N6O4/c1-4-35-25(33)18-9-11-19(12-10-18)27-26(34)32-14-13-21-20(15-32)22(30-31(21)3)24-29-28-23(36-24)17-7-5-16(2)6-8-17/h5-12H,4,13-15H2,1-3H3,(H,27,34). The van der Waals surface area contributed by atoms with Gasteiger partial charge in [0.05, 0.1) is 18.7 Å². The van der Waals surface area contributed by atoms with E-state index in [2.05, 4.69) is 20.6 Å². The summed E-state index contributed by atoms with van der Waals surface area (Å²) in [6, 6.07) is 14.2. The van der Waals surface area contributed by atoms with Crippen molar-refractivity contribution in [3.8, 4) is 23.0 Å². The summed E-state index contributed by atoms with van der Waals surface area (Å²) >= 11 is 0. The van der Waals surface area contributed by atoms with Crippen molar-refractivity contribution in [2.75, 3.05) is 18.5 Å². The van der Waals surface area contributed by atoms with Crippen molar-refractivity contribution in [1.29, 1.82) is 0 Å². The smallest absolute Gasteiger partial charge is 0.338 e. The monoisotopic (exact) mass is 486 g/mol. The van der Waals surface area contributed by atoms with Gasteiger partial charge in [0.1, 0.15) is 0 Å². The van der Waals surface area contributed by atoms with E-state index in [0.29, 0.717) is 54.8 Å². The van der Waals surface area contributed by atoms with Crippen molar-refractivity contribution in [2.45, 2.75) is 26.8 Å². The fourth-order valence-corrected chi connectivity index (χ4v) is 4.18. The number of fused-ring (bicyclic) bond motifs is 1. The number of aromatic nitrogens is 4. The Morgan fingerprint density at radius 2 is 1.78 bits per heavy atom. The summed E-state index contributed by atoms with van der Waals surface area (Å²) in [6.07, 6.45) is 0.646. The van der Waals surface area contributed by atoms with E-state index in [4.69, 9.17) is 9.15 Å². The van der Waals surface area contributed by atoms with Crippen LogP contribution in [0.15, 0.2) is 52.9 Å². The number of carbonyl (C=O) groups is 2. The topological polar surface area (TPSA) is 115 Å². The van der Waals surface area contributed by atoms with E-state index < -0.39 is 5.97 Å². The van der Waals surface area contributed by atoms with Crippen LogP contribution >= 0.6 is 0 Å². The molecular formula is C26H26N6O4. The lowest BCUT2D eigenvalue weighted by Crippen LogP contribution is -2.39. The van der Waals surface area contributed by atoms with Gasteiger partial charge < -0.3 is 19.4 Å². The molecule has 2 aromatic heterocycles. The Labute approximate surface area is 207 Å². The number of nitrogens with zero attached hydrogens (tertiary/aromatic N) is 5. The van der Waals surface area contributed by atoms with Crippen molar-refractivity contribution in [3.63, 3.8) is 0 Å². The molecule has 1 N–H and O–H groups in total. The summed E-state index contributed by atoms with van der Waals surface area (Å²) in [6.45, 7) is 4.97. The van der Waals surface area contributed by atoms with Crippen LogP contribution in [-0.4, -0.2) is 50.0 Å². The quantitative estimate of drug-likeness (QED) is 0.420. The van der Waals surface area contributed by atoms with Crippen LogP contribution in [-0.2, 0) is 24.8 Å². The van der Waals surface area contributed by atoms with Crippen LogP contribution in [0, 0.1) is 6.92 Å². The minimum Gasteiger partial charge on any atom is -0.462 e. The van der Waals surface area contributed by atoms with Gasteiger partial charge >= 0.3 is 12.0 Å². The minimum absolute atomic E-state index is 0.245. The first-order chi connectivity index (χ1) is 17.4. The molecule has 10 heteroatoms. The van der Waals surface area contributed by atoms with Crippen molar-refractivity contribution in [2.24, 2.45) is 7.05 Å². The highest BCUT2D eigenvalue weighted by Crippen LogP contribution is 2.31. The molecule has 36 heavy (non-hydrogen) atoms. The van der Waals surface area contributed by atoms with Crippen molar-refractivity contribution in [1.82, 2.24) is 24.9 Å². The first-order valence-corrected chi connectivity index (χ1v) is 11.7. The van der Waals surface area contributed by atoms with E-state index in [1.54, 1.807) is 36.1 Å². The number of aryl methyl sites for hydroxylation is 2. The summed E-state index contributed by atoms with van der Waals surface area (Å²) in [4.78, 5) is 26.6. The molecule has 0 radical (unpaired) electrons. The molecule has 0 saturated heterocycles. The molecule has 2 aromatic carbocycles. The van der Waals surface area contributed by atoms with Gasteiger partial charge in [-0.3, -0.25) is 4.68 Å². The maximum absolute atomic E-state index is 13.0. The zero-order valence-corrected chi connectivity index (χ0v) is 20.3. The van der Waals surface area contributed by atoms with Crippen LogP contribution in [0.2, 0.25) is 0 Å². The van der Waals surface area contributed by atoms with E-state index >= 15 is 0 Å². The molecule has 3 heterocycles. The van der Waals surface area contributed by atoms with Crippen molar-refractivity contribution < 1.29 is 18.7 Å². The first kappa shape index (κ1) is 23.3. The number of urea groups is 1. The molecule has 10 nitrogen and oxygen atoms in total. The van der Waals surface area contributed by atoms with Crippen molar-refractivity contribution >= 4 is 17.7 Å². The highest BCUT2D eigenvalue weighted by atomic mass is 16.5. The van der Waals surface area contributed by atoms with E-state index in [9.17, 15) is 9.59 Å². The van der Waals surface area contributed by atoms with E-state index in [1.165, 1.54) is 0 Å². The molecule has 0 unspecified atom stereocenters. The second-order valence-corrected chi connectivity index (χ2v) is 8.58. The van der Waals surface area contributed by atoms with E-state index in [-0.39, 0.29) is 6.03 Å². The molecule has 5 rings (SSSR count). The number of rotatable bonds is 5. The van der Waals surface area contributed by atoms with Crippen LogP contribution < -0.4 is 5.32 Å². The van der Waals surface area contributed by atoms with Gasteiger partial charge in [-0.25, -0.2) is 9.59 Å². The van der Waals surface area contributed by atoms with E-state index in [1.807, 2.05) is 42.9 Å². The summed E-state index contributed by atoms with van der Waals surface area (Å²) < 4.78 is 12.8. The van der Waals surface area contributed by atoms with Crippen LogP contribution in [0.5, 0.6) is 0 Å². The highest BCUT2D eigenvalue weighted by molar-refractivity contribution is 5.92. The summed E-state index contributed by atoms with van der Waals surface area (Å²) in [5.41, 5.74) is 5.49. The molecule has 1 aliphatic heterocycles. The zero-order valence-electron chi connectivity index (χ0n) is 20.3. The number of amides is 2.